The molecule has 3 rings (SSSR count). The molecule has 1 aliphatic rings. The maximum atomic E-state index is 12.2. The van der Waals surface area contributed by atoms with Gasteiger partial charge in [-0.25, -0.2) is 0 Å². The van der Waals surface area contributed by atoms with Crippen LogP contribution in [0.3, 0.4) is 0 Å². The number of amides is 2. The maximum absolute atomic E-state index is 12.2. The summed E-state index contributed by atoms with van der Waals surface area (Å²) in [6.07, 6.45) is 0. The van der Waals surface area contributed by atoms with Crippen molar-refractivity contribution in [2.24, 2.45) is 0 Å². The molecule has 0 fully saturated rings. The molecule has 0 radical (unpaired) electrons. The molecule has 0 saturated heterocycles. The van der Waals surface area contributed by atoms with Gasteiger partial charge in [0.2, 0.25) is 0 Å². The zero-order valence-electron chi connectivity index (χ0n) is 12.0. The Hall–Kier alpha value is -2.15. The minimum absolute atomic E-state index is 0.0480. The Labute approximate surface area is 152 Å². The highest BCUT2D eigenvalue weighted by Crippen LogP contribution is 2.33. The van der Waals surface area contributed by atoms with Crippen LogP contribution in [-0.2, 0) is 4.79 Å². The Morgan fingerprint density at radius 2 is 1.83 bits per heavy atom. The van der Waals surface area contributed by atoms with Gasteiger partial charge in [0.15, 0.2) is 6.61 Å². The second-order valence-electron chi connectivity index (χ2n) is 4.87. The fraction of sp³-hybridized carbons (Fsp3) is 0.0667. The molecule has 0 saturated carbocycles. The molecule has 2 aromatic carbocycles. The molecule has 0 aromatic heterocycles. The van der Waals surface area contributed by atoms with Gasteiger partial charge in [-0.2, -0.15) is 0 Å². The van der Waals surface area contributed by atoms with Crippen molar-refractivity contribution in [1.29, 1.82) is 0 Å². The topological polar surface area (TPSA) is 79.5 Å². The summed E-state index contributed by atoms with van der Waals surface area (Å²) < 4.78 is 5.24. The SMILES string of the molecule is O=C1COc2ccc(C(=O)NNc3c(Cl)cc(Cl)cc3Cl)cc2N1. The predicted octanol–water partition coefficient (Wildman–Crippen LogP) is 3.73. The lowest BCUT2D eigenvalue weighted by atomic mass is 10.1. The molecule has 0 unspecified atom stereocenters. The highest BCUT2D eigenvalue weighted by molar-refractivity contribution is 6.41. The Kier molecular flexibility index (Phi) is 4.71. The van der Waals surface area contributed by atoms with Gasteiger partial charge >= 0.3 is 0 Å². The van der Waals surface area contributed by atoms with Crippen molar-refractivity contribution in [3.8, 4) is 5.75 Å². The van der Waals surface area contributed by atoms with Crippen molar-refractivity contribution >= 4 is 58.0 Å². The van der Waals surface area contributed by atoms with Gasteiger partial charge in [0.25, 0.3) is 11.8 Å². The molecular formula is C15H10Cl3N3O3. The van der Waals surface area contributed by atoms with Crippen molar-refractivity contribution < 1.29 is 14.3 Å². The first-order chi connectivity index (χ1) is 11.4. The normalized spacial score (nSPS) is 12.7. The summed E-state index contributed by atoms with van der Waals surface area (Å²) in [4.78, 5) is 23.6. The van der Waals surface area contributed by atoms with Crippen molar-refractivity contribution in [1.82, 2.24) is 5.43 Å². The molecule has 0 atom stereocenters. The predicted molar refractivity (Wildman–Crippen MR) is 93.1 cm³/mol. The second-order valence-corrected chi connectivity index (χ2v) is 6.12. The van der Waals surface area contributed by atoms with Crippen LogP contribution >= 0.6 is 34.8 Å². The fourth-order valence-electron chi connectivity index (χ4n) is 2.08. The largest absolute Gasteiger partial charge is 0.482 e. The third kappa shape index (κ3) is 3.51. The average molecular weight is 387 g/mol. The lowest BCUT2D eigenvalue weighted by molar-refractivity contribution is -0.118. The van der Waals surface area contributed by atoms with Gasteiger partial charge in [-0.1, -0.05) is 34.8 Å². The highest BCUT2D eigenvalue weighted by atomic mass is 35.5. The Balaban J connectivity index is 1.74. The molecule has 24 heavy (non-hydrogen) atoms. The standard InChI is InChI=1S/C15H10Cl3N3O3/c16-8-4-9(17)14(10(18)5-8)20-21-15(23)7-1-2-12-11(3-7)19-13(22)6-24-12/h1-5,20H,6H2,(H,19,22)(H,21,23). The molecular weight excluding hydrogens is 377 g/mol. The van der Waals surface area contributed by atoms with E-state index in [2.05, 4.69) is 16.2 Å². The Morgan fingerprint density at radius 1 is 1.12 bits per heavy atom. The third-order valence-corrected chi connectivity index (χ3v) is 4.00. The van der Waals surface area contributed by atoms with E-state index in [1.54, 1.807) is 12.1 Å². The number of carbonyl (C=O) groups is 2. The zero-order chi connectivity index (χ0) is 17.3. The van der Waals surface area contributed by atoms with E-state index in [1.165, 1.54) is 18.2 Å². The zero-order valence-corrected chi connectivity index (χ0v) is 14.2. The van der Waals surface area contributed by atoms with E-state index in [-0.39, 0.29) is 22.6 Å². The molecule has 2 aromatic rings. The number of carbonyl (C=O) groups excluding carboxylic acids is 2. The summed E-state index contributed by atoms with van der Waals surface area (Å²) in [6.45, 7) is -0.0480. The van der Waals surface area contributed by atoms with Crippen LogP contribution in [0, 0.1) is 0 Å². The number of ether oxygens (including phenoxy) is 1. The van der Waals surface area contributed by atoms with Crippen LogP contribution in [0.25, 0.3) is 0 Å². The van der Waals surface area contributed by atoms with Crippen molar-refractivity contribution in [3.05, 3.63) is 51.0 Å². The molecule has 0 bridgehead atoms. The van der Waals surface area contributed by atoms with Gasteiger partial charge in [0, 0.05) is 10.6 Å². The number of hydrogen-bond donors (Lipinski definition) is 3. The van der Waals surface area contributed by atoms with Crippen molar-refractivity contribution in [2.75, 3.05) is 17.3 Å². The summed E-state index contributed by atoms with van der Waals surface area (Å²) in [7, 11) is 0. The van der Waals surface area contributed by atoms with Crippen LogP contribution in [0.5, 0.6) is 5.75 Å². The number of hydrogen-bond acceptors (Lipinski definition) is 4. The summed E-state index contributed by atoms with van der Waals surface area (Å²) in [6, 6.07) is 7.67. The first-order valence-electron chi connectivity index (χ1n) is 6.71. The van der Waals surface area contributed by atoms with Crippen molar-refractivity contribution in [2.45, 2.75) is 0 Å². The Bertz CT molecular complexity index is 819. The molecule has 1 heterocycles. The van der Waals surface area contributed by atoms with E-state index in [4.69, 9.17) is 39.5 Å². The Morgan fingerprint density at radius 3 is 2.54 bits per heavy atom. The van der Waals surface area contributed by atoms with Gasteiger partial charge in [-0.05, 0) is 30.3 Å². The van der Waals surface area contributed by atoms with Gasteiger partial charge in [0.1, 0.15) is 5.75 Å². The van der Waals surface area contributed by atoms with E-state index in [0.717, 1.165) is 0 Å². The second kappa shape index (κ2) is 6.76. The minimum atomic E-state index is -0.445. The van der Waals surface area contributed by atoms with E-state index >= 15 is 0 Å². The average Bonchev–Trinajstić information content (AvgIpc) is 2.52. The highest BCUT2D eigenvalue weighted by Gasteiger charge is 2.18. The third-order valence-electron chi connectivity index (χ3n) is 3.18. The molecule has 2 amide bonds. The maximum Gasteiger partial charge on any atom is 0.269 e. The fourth-order valence-corrected chi connectivity index (χ4v) is 2.99. The number of hydrazine groups is 1. The lowest BCUT2D eigenvalue weighted by Crippen LogP contribution is -2.30. The number of halogens is 3. The summed E-state index contributed by atoms with van der Waals surface area (Å²) in [5.74, 6) is -0.222. The van der Waals surface area contributed by atoms with Gasteiger partial charge in [-0.3, -0.25) is 20.4 Å². The van der Waals surface area contributed by atoms with Gasteiger partial charge in [-0.15, -0.1) is 0 Å². The summed E-state index contributed by atoms with van der Waals surface area (Å²) >= 11 is 17.9. The van der Waals surface area contributed by atoms with Gasteiger partial charge < -0.3 is 10.1 Å². The van der Waals surface area contributed by atoms with E-state index in [9.17, 15) is 9.59 Å². The molecule has 3 N–H and O–H groups in total. The van der Waals surface area contributed by atoms with Crippen LogP contribution < -0.4 is 20.9 Å². The van der Waals surface area contributed by atoms with Crippen molar-refractivity contribution in [3.63, 3.8) is 0 Å². The lowest BCUT2D eigenvalue weighted by Gasteiger charge is -2.18. The van der Waals surface area contributed by atoms with E-state index in [1.807, 2.05) is 0 Å². The van der Waals surface area contributed by atoms with Crippen LogP contribution in [0.4, 0.5) is 11.4 Å². The number of nitrogens with one attached hydrogen (secondary N) is 3. The first kappa shape index (κ1) is 16.7. The molecule has 6 nitrogen and oxygen atoms in total. The molecule has 9 heteroatoms. The van der Waals surface area contributed by atoms with Crippen LogP contribution in [-0.4, -0.2) is 18.4 Å². The molecule has 124 valence electrons. The van der Waals surface area contributed by atoms with Crippen LogP contribution in [0.15, 0.2) is 30.3 Å². The molecule has 0 aliphatic carbocycles. The number of rotatable bonds is 3. The van der Waals surface area contributed by atoms with Crippen LogP contribution in [0.2, 0.25) is 15.1 Å². The first-order valence-corrected chi connectivity index (χ1v) is 7.85. The number of benzene rings is 2. The summed E-state index contributed by atoms with van der Waals surface area (Å²) in [5.41, 5.74) is 6.20. The minimum Gasteiger partial charge on any atom is -0.482 e. The quantitative estimate of drug-likeness (QED) is 0.702. The molecule has 0 spiro atoms. The summed E-state index contributed by atoms with van der Waals surface area (Å²) in [5, 5.41) is 3.54. The van der Waals surface area contributed by atoms with Gasteiger partial charge in [0.05, 0.1) is 21.4 Å². The van der Waals surface area contributed by atoms with E-state index in [0.29, 0.717) is 27.7 Å². The molecule has 1 aliphatic heterocycles. The number of anilines is 2. The number of fused-ring (bicyclic) bond motifs is 1. The smallest absolute Gasteiger partial charge is 0.269 e. The van der Waals surface area contributed by atoms with Crippen LogP contribution in [0.1, 0.15) is 10.4 Å². The monoisotopic (exact) mass is 385 g/mol. The van der Waals surface area contributed by atoms with E-state index < -0.39 is 5.91 Å².